The smallest absolute Gasteiger partial charge is 0.241 e. The molecule has 1 aromatic carbocycles. The molecule has 0 saturated carbocycles. The molecule has 1 amide bonds. The maximum Gasteiger partial charge on any atom is 0.241 e. The van der Waals surface area contributed by atoms with Gasteiger partial charge < -0.3 is 20.3 Å². The second-order valence-electron chi connectivity index (χ2n) is 5.23. The number of thioether (sulfide) groups is 1. The van der Waals surface area contributed by atoms with Crippen molar-refractivity contribution in [2.75, 3.05) is 46.3 Å². The number of carbonyl (C=O) groups is 1. The summed E-state index contributed by atoms with van der Waals surface area (Å²) in [6.45, 7) is 1.14. The van der Waals surface area contributed by atoms with Gasteiger partial charge in [0.25, 0.3) is 0 Å². The van der Waals surface area contributed by atoms with Crippen molar-refractivity contribution in [3.8, 4) is 5.75 Å². The van der Waals surface area contributed by atoms with Gasteiger partial charge in [0.05, 0.1) is 20.2 Å². The second kappa shape index (κ2) is 10.7. The minimum Gasteiger partial charge on any atom is -0.497 e. The Bertz CT molecular complexity index is 567. The first-order valence-corrected chi connectivity index (χ1v) is 8.90. The van der Waals surface area contributed by atoms with Gasteiger partial charge in [-0.25, -0.2) is 9.38 Å². The molecule has 24 heavy (non-hydrogen) atoms. The minimum atomic E-state index is -0.368. The highest BCUT2D eigenvalue weighted by Gasteiger charge is 2.06. The van der Waals surface area contributed by atoms with Gasteiger partial charge in [0, 0.05) is 32.5 Å². The lowest BCUT2D eigenvalue weighted by Crippen LogP contribution is -2.43. The number of hydrogen-bond acceptors (Lipinski definition) is 4. The van der Waals surface area contributed by atoms with Crippen molar-refractivity contribution < 1.29 is 13.9 Å². The Morgan fingerprint density at radius 3 is 2.71 bits per heavy atom. The normalized spacial score (nSPS) is 11.1. The number of aliphatic imine (C=N–C) groups is 1. The molecule has 0 unspecified atom stereocenters. The number of nitrogens with zero attached hydrogens (tertiary/aromatic N) is 2. The number of rotatable bonds is 8. The SMILES string of the molecule is COc1cc(F)cc(CN=C(NCCSC)NCC(=O)N(C)C)c1. The van der Waals surface area contributed by atoms with E-state index in [9.17, 15) is 9.18 Å². The number of methoxy groups -OCH3 is 1. The summed E-state index contributed by atoms with van der Waals surface area (Å²) in [7, 11) is 4.88. The molecular formula is C16H25FN4O2S. The minimum absolute atomic E-state index is 0.0539. The number of likely N-dealkylation sites (N-methyl/N-ethyl adjacent to an activating group) is 1. The lowest BCUT2D eigenvalue weighted by atomic mass is 10.2. The van der Waals surface area contributed by atoms with Crippen molar-refractivity contribution in [3.05, 3.63) is 29.6 Å². The Balaban J connectivity index is 2.75. The van der Waals surface area contributed by atoms with E-state index in [0.29, 0.717) is 17.3 Å². The van der Waals surface area contributed by atoms with Crippen LogP contribution in [0.3, 0.4) is 0 Å². The van der Waals surface area contributed by atoms with Crippen LogP contribution in [0.25, 0.3) is 0 Å². The molecule has 0 bridgehead atoms. The van der Waals surface area contributed by atoms with E-state index in [2.05, 4.69) is 15.6 Å². The molecule has 0 fully saturated rings. The Hall–Kier alpha value is -1.96. The molecule has 0 aliphatic carbocycles. The van der Waals surface area contributed by atoms with Gasteiger partial charge in [-0.3, -0.25) is 4.79 Å². The fourth-order valence-corrected chi connectivity index (χ4v) is 2.07. The van der Waals surface area contributed by atoms with E-state index in [-0.39, 0.29) is 24.8 Å². The molecule has 6 nitrogen and oxygen atoms in total. The topological polar surface area (TPSA) is 66.0 Å². The Morgan fingerprint density at radius 1 is 1.33 bits per heavy atom. The van der Waals surface area contributed by atoms with Crippen LogP contribution in [0.15, 0.2) is 23.2 Å². The summed E-state index contributed by atoms with van der Waals surface area (Å²) < 4.78 is 18.6. The monoisotopic (exact) mass is 356 g/mol. The van der Waals surface area contributed by atoms with Crippen LogP contribution in [0.4, 0.5) is 4.39 Å². The number of benzene rings is 1. The van der Waals surface area contributed by atoms with Crippen LogP contribution < -0.4 is 15.4 Å². The van der Waals surface area contributed by atoms with E-state index in [1.54, 1.807) is 31.9 Å². The fourth-order valence-electron chi connectivity index (χ4n) is 1.76. The van der Waals surface area contributed by atoms with Crippen LogP contribution in [0.1, 0.15) is 5.56 Å². The largest absolute Gasteiger partial charge is 0.497 e. The predicted molar refractivity (Wildman–Crippen MR) is 97.2 cm³/mol. The third-order valence-electron chi connectivity index (χ3n) is 3.09. The van der Waals surface area contributed by atoms with Crippen molar-refractivity contribution in [1.29, 1.82) is 0 Å². The van der Waals surface area contributed by atoms with Gasteiger partial charge >= 0.3 is 0 Å². The number of hydrogen-bond donors (Lipinski definition) is 2. The first-order chi connectivity index (χ1) is 11.5. The summed E-state index contributed by atoms with van der Waals surface area (Å²) in [4.78, 5) is 17.6. The molecule has 134 valence electrons. The zero-order valence-electron chi connectivity index (χ0n) is 14.6. The standard InChI is InChI=1S/C16H25FN4O2S/c1-21(2)15(22)11-20-16(18-5-6-24-4)19-10-12-7-13(17)9-14(8-12)23-3/h7-9H,5-6,10-11H2,1-4H3,(H2,18,19,20). The third-order valence-corrected chi connectivity index (χ3v) is 3.70. The summed E-state index contributed by atoms with van der Waals surface area (Å²) in [5.74, 6) is 1.46. The van der Waals surface area contributed by atoms with Crippen molar-refractivity contribution in [1.82, 2.24) is 15.5 Å². The van der Waals surface area contributed by atoms with E-state index in [1.807, 2.05) is 6.26 Å². The molecule has 8 heteroatoms. The molecule has 0 atom stereocenters. The molecule has 0 saturated heterocycles. The fraction of sp³-hybridized carbons (Fsp3) is 0.500. The first kappa shape index (κ1) is 20.1. The average molecular weight is 356 g/mol. The number of carbonyl (C=O) groups excluding carboxylic acids is 1. The Morgan fingerprint density at radius 2 is 2.08 bits per heavy atom. The molecule has 0 spiro atoms. The molecule has 0 aliphatic rings. The zero-order chi connectivity index (χ0) is 17.9. The maximum absolute atomic E-state index is 13.5. The van der Waals surface area contributed by atoms with Gasteiger partial charge in [-0.1, -0.05) is 0 Å². The van der Waals surface area contributed by atoms with E-state index in [1.165, 1.54) is 24.1 Å². The average Bonchev–Trinajstić information content (AvgIpc) is 2.55. The Labute approximate surface area is 146 Å². The summed E-state index contributed by atoms with van der Waals surface area (Å²) in [5, 5.41) is 6.14. The van der Waals surface area contributed by atoms with E-state index < -0.39 is 0 Å². The molecule has 1 rings (SSSR count). The van der Waals surface area contributed by atoms with Crippen LogP contribution in [0, 0.1) is 5.82 Å². The highest BCUT2D eigenvalue weighted by Crippen LogP contribution is 2.16. The first-order valence-electron chi connectivity index (χ1n) is 7.51. The van der Waals surface area contributed by atoms with Crippen molar-refractivity contribution in [2.45, 2.75) is 6.54 Å². The van der Waals surface area contributed by atoms with E-state index in [0.717, 1.165) is 12.3 Å². The molecular weight excluding hydrogens is 331 g/mol. The van der Waals surface area contributed by atoms with Crippen LogP contribution in [-0.4, -0.2) is 63.1 Å². The third kappa shape index (κ3) is 7.54. The number of nitrogens with one attached hydrogen (secondary N) is 2. The Kier molecular flexibility index (Phi) is 8.99. The van der Waals surface area contributed by atoms with Crippen LogP contribution in [-0.2, 0) is 11.3 Å². The molecule has 0 heterocycles. The van der Waals surface area contributed by atoms with Gasteiger partial charge in [-0.15, -0.1) is 0 Å². The van der Waals surface area contributed by atoms with Crippen LogP contribution in [0.5, 0.6) is 5.75 Å². The van der Waals surface area contributed by atoms with Crippen LogP contribution in [0.2, 0.25) is 0 Å². The zero-order valence-corrected chi connectivity index (χ0v) is 15.4. The molecule has 0 aliphatic heterocycles. The summed E-state index contributed by atoms with van der Waals surface area (Å²) in [6.07, 6.45) is 2.01. The molecule has 2 N–H and O–H groups in total. The summed E-state index contributed by atoms with van der Waals surface area (Å²) in [6, 6.07) is 4.46. The van der Waals surface area contributed by atoms with Gasteiger partial charge in [-0.05, 0) is 24.0 Å². The van der Waals surface area contributed by atoms with E-state index >= 15 is 0 Å². The highest BCUT2D eigenvalue weighted by atomic mass is 32.2. The van der Waals surface area contributed by atoms with Gasteiger partial charge in [0.2, 0.25) is 5.91 Å². The quantitative estimate of drug-likeness (QED) is 0.418. The van der Waals surface area contributed by atoms with Crippen molar-refractivity contribution in [2.24, 2.45) is 4.99 Å². The van der Waals surface area contributed by atoms with Gasteiger partial charge in [0.1, 0.15) is 11.6 Å². The number of halogens is 1. The van der Waals surface area contributed by atoms with Gasteiger partial charge in [0.15, 0.2) is 5.96 Å². The number of ether oxygens (including phenoxy) is 1. The number of amides is 1. The molecule has 0 radical (unpaired) electrons. The van der Waals surface area contributed by atoms with E-state index in [4.69, 9.17) is 4.74 Å². The highest BCUT2D eigenvalue weighted by molar-refractivity contribution is 7.98. The lowest BCUT2D eigenvalue weighted by molar-refractivity contribution is -0.127. The predicted octanol–water partition coefficient (Wildman–Crippen LogP) is 1.32. The summed E-state index contributed by atoms with van der Waals surface area (Å²) >= 11 is 1.71. The second-order valence-corrected chi connectivity index (χ2v) is 6.21. The van der Waals surface area contributed by atoms with Crippen molar-refractivity contribution in [3.63, 3.8) is 0 Å². The number of guanidine groups is 1. The summed E-state index contributed by atoms with van der Waals surface area (Å²) in [5.41, 5.74) is 0.691. The van der Waals surface area contributed by atoms with Gasteiger partial charge in [-0.2, -0.15) is 11.8 Å². The lowest BCUT2D eigenvalue weighted by Gasteiger charge is -2.15. The van der Waals surface area contributed by atoms with Crippen molar-refractivity contribution >= 4 is 23.6 Å². The maximum atomic E-state index is 13.5. The molecule has 0 aromatic heterocycles. The molecule has 1 aromatic rings. The van der Waals surface area contributed by atoms with Crippen LogP contribution >= 0.6 is 11.8 Å².